The van der Waals surface area contributed by atoms with Gasteiger partial charge in [-0.1, -0.05) is 37.6 Å². The molecule has 0 aromatic heterocycles. The van der Waals surface area contributed by atoms with Gasteiger partial charge in [-0.2, -0.15) is 0 Å². The van der Waals surface area contributed by atoms with Crippen molar-refractivity contribution in [3.05, 3.63) is 58.6 Å². The number of nitrogens with one attached hydrogen (secondary N) is 2. The molecule has 136 valence electrons. The van der Waals surface area contributed by atoms with Gasteiger partial charge >= 0.3 is 0 Å². The van der Waals surface area contributed by atoms with E-state index in [-0.39, 0.29) is 23.7 Å². The fourth-order valence-corrected chi connectivity index (χ4v) is 3.18. The third kappa shape index (κ3) is 4.25. The molecule has 0 aliphatic heterocycles. The SMILES string of the molecule is Cc1cc(Cl)ccc1NC(=O)C1CC1C(=O)Nc1ccc(C(C)C)cc1. The molecule has 2 amide bonds. The van der Waals surface area contributed by atoms with E-state index in [4.69, 9.17) is 11.6 Å². The Balaban J connectivity index is 1.55. The maximum atomic E-state index is 12.4. The lowest BCUT2D eigenvalue weighted by Crippen LogP contribution is -2.20. The van der Waals surface area contributed by atoms with Crippen molar-refractivity contribution in [1.82, 2.24) is 0 Å². The highest BCUT2D eigenvalue weighted by atomic mass is 35.5. The van der Waals surface area contributed by atoms with Gasteiger partial charge in [0, 0.05) is 16.4 Å². The summed E-state index contributed by atoms with van der Waals surface area (Å²) in [6.07, 6.45) is 0.578. The van der Waals surface area contributed by atoms with Crippen molar-refractivity contribution in [2.45, 2.75) is 33.1 Å². The van der Waals surface area contributed by atoms with Crippen molar-refractivity contribution in [1.29, 1.82) is 0 Å². The monoisotopic (exact) mass is 370 g/mol. The van der Waals surface area contributed by atoms with Crippen molar-refractivity contribution in [3.63, 3.8) is 0 Å². The minimum atomic E-state index is -0.278. The van der Waals surface area contributed by atoms with Crippen LogP contribution in [0.15, 0.2) is 42.5 Å². The molecule has 0 heterocycles. The van der Waals surface area contributed by atoms with Gasteiger partial charge in [-0.05, 0) is 60.7 Å². The molecule has 5 heteroatoms. The topological polar surface area (TPSA) is 58.2 Å². The van der Waals surface area contributed by atoms with Crippen LogP contribution in [0.5, 0.6) is 0 Å². The largest absolute Gasteiger partial charge is 0.326 e. The van der Waals surface area contributed by atoms with E-state index in [2.05, 4.69) is 24.5 Å². The number of carbonyl (C=O) groups is 2. The molecule has 0 spiro atoms. The quantitative estimate of drug-likeness (QED) is 0.779. The van der Waals surface area contributed by atoms with Crippen LogP contribution in [0.25, 0.3) is 0 Å². The summed E-state index contributed by atoms with van der Waals surface area (Å²) in [7, 11) is 0. The molecule has 2 aromatic carbocycles. The Kier molecular flexibility index (Phi) is 5.33. The smallest absolute Gasteiger partial charge is 0.228 e. The summed E-state index contributed by atoms with van der Waals surface area (Å²) in [4.78, 5) is 24.7. The lowest BCUT2D eigenvalue weighted by molar-refractivity contribution is -0.122. The van der Waals surface area contributed by atoms with Crippen LogP contribution in [0, 0.1) is 18.8 Å². The van der Waals surface area contributed by atoms with Gasteiger partial charge in [0.2, 0.25) is 11.8 Å². The Hall–Kier alpha value is -2.33. The molecule has 0 radical (unpaired) electrons. The van der Waals surface area contributed by atoms with Crippen LogP contribution in [-0.4, -0.2) is 11.8 Å². The fourth-order valence-electron chi connectivity index (χ4n) is 2.95. The molecular formula is C21H23ClN2O2. The molecule has 26 heavy (non-hydrogen) atoms. The predicted molar refractivity (Wildman–Crippen MR) is 106 cm³/mol. The van der Waals surface area contributed by atoms with E-state index in [1.54, 1.807) is 18.2 Å². The predicted octanol–water partition coefficient (Wildman–Crippen LogP) is 4.99. The number of amides is 2. The fraction of sp³-hybridized carbons (Fsp3) is 0.333. The van der Waals surface area contributed by atoms with Crippen LogP contribution in [0.3, 0.4) is 0 Å². The van der Waals surface area contributed by atoms with E-state index in [0.29, 0.717) is 17.4 Å². The van der Waals surface area contributed by atoms with Gasteiger partial charge in [0.25, 0.3) is 0 Å². The first kappa shape index (κ1) is 18.5. The molecule has 1 aliphatic rings. The number of carbonyl (C=O) groups excluding carboxylic acids is 2. The first-order valence-electron chi connectivity index (χ1n) is 8.83. The van der Waals surface area contributed by atoms with E-state index >= 15 is 0 Å². The van der Waals surface area contributed by atoms with Crippen LogP contribution in [0.1, 0.15) is 37.3 Å². The van der Waals surface area contributed by atoms with Crippen LogP contribution in [0.4, 0.5) is 11.4 Å². The van der Waals surface area contributed by atoms with Gasteiger partial charge in [-0.15, -0.1) is 0 Å². The molecule has 2 atom stereocenters. The summed E-state index contributed by atoms with van der Waals surface area (Å²) in [6, 6.07) is 13.2. The van der Waals surface area contributed by atoms with Crippen LogP contribution < -0.4 is 10.6 Å². The zero-order valence-electron chi connectivity index (χ0n) is 15.2. The minimum absolute atomic E-state index is 0.102. The summed E-state index contributed by atoms with van der Waals surface area (Å²) in [6.45, 7) is 6.15. The maximum Gasteiger partial charge on any atom is 0.228 e. The normalized spacial score (nSPS) is 18.5. The van der Waals surface area contributed by atoms with Gasteiger partial charge < -0.3 is 10.6 Å². The van der Waals surface area contributed by atoms with Gasteiger partial charge in [0.05, 0.1) is 11.8 Å². The molecule has 0 bridgehead atoms. The molecule has 1 saturated carbocycles. The molecular weight excluding hydrogens is 348 g/mol. The second kappa shape index (κ2) is 7.50. The Bertz CT molecular complexity index is 830. The van der Waals surface area contributed by atoms with Crippen LogP contribution in [0.2, 0.25) is 5.02 Å². The highest BCUT2D eigenvalue weighted by Gasteiger charge is 2.48. The molecule has 2 N–H and O–H groups in total. The summed E-state index contributed by atoms with van der Waals surface area (Å²) in [5.74, 6) is -0.319. The zero-order valence-corrected chi connectivity index (χ0v) is 15.9. The standard InChI is InChI=1S/C21H23ClN2O2/c1-12(2)14-4-7-16(8-5-14)23-20(25)17-11-18(17)21(26)24-19-9-6-15(22)10-13(19)3/h4-10,12,17-18H,11H2,1-3H3,(H,23,25)(H,24,26). The number of benzene rings is 2. The second-order valence-corrected chi connectivity index (χ2v) is 7.60. The van der Waals surface area contributed by atoms with Crippen molar-refractivity contribution in [2.24, 2.45) is 11.8 Å². The van der Waals surface area contributed by atoms with E-state index in [1.165, 1.54) is 5.56 Å². The minimum Gasteiger partial charge on any atom is -0.326 e. The van der Waals surface area contributed by atoms with Crippen molar-refractivity contribution >= 4 is 34.8 Å². The molecule has 1 aliphatic carbocycles. The maximum absolute atomic E-state index is 12.4. The summed E-state index contributed by atoms with van der Waals surface area (Å²) < 4.78 is 0. The number of aryl methyl sites for hydroxylation is 1. The molecule has 4 nitrogen and oxygen atoms in total. The molecule has 1 fully saturated rings. The van der Waals surface area contributed by atoms with E-state index in [0.717, 1.165) is 16.9 Å². The van der Waals surface area contributed by atoms with Crippen molar-refractivity contribution in [3.8, 4) is 0 Å². The lowest BCUT2D eigenvalue weighted by Gasteiger charge is -2.09. The number of anilines is 2. The highest BCUT2D eigenvalue weighted by Crippen LogP contribution is 2.40. The first-order valence-corrected chi connectivity index (χ1v) is 9.21. The summed E-state index contributed by atoms with van der Waals surface area (Å²) in [5.41, 5.74) is 3.62. The summed E-state index contributed by atoms with van der Waals surface area (Å²) in [5, 5.41) is 6.42. The van der Waals surface area contributed by atoms with Gasteiger partial charge in [0.15, 0.2) is 0 Å². The average Bonchev–Trinajstić information content (AvgIpc) is 3.39. The number of rotatable bonds is 5. The van der Waals surface area contributed by atoms with Gasteiger partial charge in [-0.3, -0.25) is 9.59 Å². The Labute approximate surface area is 158 Å². The van der Waals surface area contributed by atoms with E-state index in [9.17, 15) is 9.59 Å². The highest BCUT2D eigenvalue weighted by molar-refractivity contribution is 6.30. The Morgan fingerprint density at radius 3 is 2.19 bits per heavy atom. The van der Waals surface area contributed by atoms with Crippen LogP contribution >= 0.6 is 11.6 Å². The van der Waals surface area contributed by atoms with Crippen molar-refractivity contribution in [2.75, 3.05) is 10.6 Å². The molecule has 3 rings (SSSR count). The zero-order chi connectivity index (χ0) is 18.8. The second-order valence-electron chi connectivity index (χ2n) is 7.16. The number of hydrogen-bond donors (Lipinski definition) is 2. The van der Waals surface area contributed by atoms with Gasteiger partial charge in [-0.25, -0.2) is 0 Å². The lowest BCUT2D eigenvalue weighted by atomic mass is 10.0. The summed E-state index contributed by atoms with van der Waals surface area (Å²) >= 11 is 5.93. The van der Waals surface area contributed by atoms with Gasteiger partial charge in [0.1, 0.15) is 0 Å². The Morgan fingerprint density at radius 2 is 1.62 bits per heavy atom. The third-order valence-corrected chi connectivity index (χ3v) is 4.99. The average molecular weight is 371 g/mol. The molecule has 2 aromatic rings. The number of halogens is 1. The van der Waals surface area contributed by atoms with E-state index in [1.807, 2.05) is 31.2 Å². The molecule has 0 saturated heterocycles. The third-order valence-electron chi connectivity index (χ3n) is 4.76. The van der Waals surface area contributed by atoms with Crippen LogP contribution in [-0.2, 0) is 9.59 Å². The number of hydrogen-bond acceptors (Lipinski definition) is 2. The Morgan fingerprint density at radius 1 is 1.00 bits per heavy atom. The van der Waals surface area contributed by atoms with Crippen molar-refractivity contribution < 1.29 is 9.59 Å². The first-order chi connectivity index (χ1) is 12.3. The van der Waals surface area contributed by atoms with E-state index < -0.39 is 0 Å². The molecule has 2 unspecified atom stereocenters.